The largest absolute Gasteiger partial charge is 0.402 e. The Morgan fingerprint density at radius 3 is 2.11 bits per heavy atom. The number of carbonyl (C=O) groups excluding carboxylic acids is 1. The van der Waals surface area contributed by atoms with Gasteiger partial charge in [0.05, 0.1) is 10.3 Å². The van der Waals surface area contributed by atoms with Gasteiger partial charge < -0.3 is 5.32 Å². The van der Waals surface area contributed by atoms with Gasteiger partial charge in [-0.3, -0.25) is 4.79 Å². The third kappa shape index (κ3) is 4.48. The van der Waals surface area contributed by atoms with Crippen LogP contribution < -0.4 is 10.0 Å². The molecule has 1 aliphatic carbocycles. The Kier molecular flexibility index (Phi) is 5.00. The van der Waals surface area contributed by atoms with E-state index in [9.17, 15) is 26.4 Å². The van der Waals surface area contributed by atoms with Crippen molar-refractivity contribution in [3.05, 3.63) is 60.2 Å². The van der Waals surface area contributed by atoms with E-state index in [1.807, 2.05) is 30.3 Å². The normalized spacial score (nSPS) is 16.0. The molecule has 27 heavy (non-hydrogen) atoms. The molecule has 0 spiro atoms. The van der Waals surface area contributed by atoms with Crippen molar-refractivity contribution in [2.45, 2.75) is 29.3 Å². The van der Waals surface area contributed by atoms with Crippen molar-refractivity contribution in [2.75, 3.05) is 11.9 Å². The van der Waals surface area contributed by atoms with Crippen molar-refractivity contribution in [3.8, 4) is 0 Å². The topological polar surface area (TPSA) is 75.3 Å². The van der Waals surface area contributed by atoms with Crippen molar-refractivity contribution in [1.82, 2.24) is 4.72 Å². The second-order valence-corrected chi connectivity index (χ2v) is 8.13. The molecule has 0 radical (unpaired) electrons. The molecule has 2 aromatic rings. The molecule has 2 aromatic carbocycles. The van der Waals surface area contributed by atoms with Crippen LogP contribution in [0.1, 0.15) is 18.4 Å². The molecule has 0 heterocycles. The van der Waals surface area contributed by atoms with Crippen molar-refractivity contribution in [3.63, 3.8) is 0 Å². The van der Waals surface area contributed by atoms with Crippen LogP contribution in [0.15, 0.2) is 59.5 Å². The number of halogens is 3. The predicted octanol–water partition coefficient (Wildman–Crippen LogP) is 3.20. The van der Waals surface area contributed by atoms with Gasteiger partial charge in [-0.25, -0.2) is 13.1 Å². The summed E-state index contributed by atoms with van der Waals surface area (Å²) in [7, 11) is -4.28. The molecule has 2 N–H and O–H groups in total. The summed E-state index contributed by atoms with van der Waals surface area (Å²) in [5.74, 6) is -0.195. The van der Waals surface area contributed by atoms with E-state index >= 15 is 0 Å². The van der Waals surface area contributed by atoms with Gasteiger partial charge in [-0.2, -0.15) is 13.2 Å². The van der Waals surface area contributed by atoms with Gasteiger partial charge in [-0.1, -0.05) is 30.3 Å². The minimum atomic E-state index is -4.64. The minimum Gasteiger partial charge on any atom is -0.325 e. The maximum absolute atomic E-state index is 12.6. The van der Waals surface area contributed by atoms with Gasteiger partial charge >= 0.3 is 6.18 Å². The molecule has 0 saturated heterocycles. The summed E-state index contributed by atoms with van der Waals surface area (Å²) in [5, 5.41) is 2.74. The Morgan fingerprint density at radius 2 is 1.59 bits per heavy atom. The fourth-order valence-electron chi connectivity index (χ4n) is 2.76. The predicted molar refractivity (Wildman–Crippen MR) is 93.7 cm³/mol. The minimum absolute atomic E-state index is 0.195. The molecular formula is C18H17F3N2O3S. The Morgan fingerprint density at radius 1 is 1.00 bits per heavy atom. The second kappa shape index (κ2) is 6.97. The van der Waals surface area contributed by atoms with E-state index in [1.54, 1.807) is 0 Å². The average Bonchev–Trinajstić information content (AvgIpc) is 3.43. The summed E-state index contributed by atoms with van der Waals surface area (Å²) >= 11 is 0. The number of alkyl halides is 3. The molecule has 1 aliphatic rings. The van der Waals surface area contributed by atoms with E-state index in [0.29, 0.717) is 5.69 Å². The summed E-state index contributed by atoms with van der Waals surface area (Å²) in [5.41, 5.74) is 0.704. The highest BCUT2D eigenvalue weighted by Gasteiger charge is 2.51. The quantitative estimate of drug-likeness (QED) is 0.785. The highest BCUT2D eigenvalue weighted by atomic mass is 32.2. The molecule has 0 aliphatic heterocycles. The molecular weight excluding hydrogens is 381 g/mol. The zero-order chi connectivity index (χ0) is 19.7. The molecule has 5 nitrogen and oxygen atoms in total. The molecule has 9 heteroatoms. The molecule has 144 valence electrons. The summed E-state index contributed by atoms with van der Waals surface area (Å²) in [6.07, 6.45) is -3.20. The van der Waals surface area contributed by atoms with Crippen LogP contribution in [0.5, 0.6) is 0 Å². The van der Waals surface area contributed by atoms with Crippen molar-refractivity contribution >= 4 is 21.6 Å². The number of sulfonamides is 1. The van der Waals surface area contributed by atoms with Crippen molar-refractivity contribution in [1.29, 1.82) is 0 Å². The number of hydrogen-bond acceptors (Lipinski definition) is 3. The van der Waals surface area contributed by atoms with Gasteiger partial charge in [0, 0.05) is 5.69 Å². The van der Waals surface area contributed by atoms with Crippen LogP contribution in [0.25, 0.3) is 0 Å². The monoisotopic (exact) mass is 398 g/mol. The molecule has 1 saturated carbocycles. The maximum Gasteiger partial charge on any atom is 0.402 e. The molecule has 3 rings (SSSR count). The van der Waals surface area contributed by atoms with Gasteiger partial charge in [-0.05, 0) is 42.7 Å². The maximum atomic E-state index is 12.6. The number of amides is 1. The number of carbonyl (C=O) groups is 1. The molecule has 1 fully saturated rings. The highest BCUT2D eigenvalue weighted by molar-refractivity contribution is 7.89. The average molecular weight is 398 g/mol. The van der Waals surface area contributed by atoms with Crippen LogP contribution in [0.2, 0.25) is 0 Å². The van der Waals surface area contributed by atoms with Crippen LogP contribution in [0, 0.1) is 0 Å². The first-order valence-electron chi connectivity index (χ1n) is 8.16. The zero-order valence-corrected chi connectivity index (χ0v) is 14.9. The van der Waals surface area contributed by atoms with Gasteiger partial charge in [0.25, 0.3) is 0 Å². The SMILES string of the molecule is O=C(Nc1ccc(S(=O)(=O)NCC(F)(F)F)cc1)C1(c2ccccc2)CC1. The van der Waals surface area contributed by atoms with Gasteiger partial charge in [0.2, 0.25) is 15.9 Å². The number of hydrogen-bond donors (Lipinski definition) is 2. The lowest BCUT2D eigenvalue weighted by Crippen LogP contribution is -2.33. The van der Waals surface area contributed by atoms with E-state index in [4.69, 9.17) is 0 Å². The van der Waals surface area contributed by atoms with Crippen LogP contribution in [0.3, 0.4) is 0 Å². The molecule has 1 amide bonds. The van der Waals surface area contributed by atoms with Crippen LogP contribution in [0.4, 0.5) is 18.9 Å². The Balaban J connectivity index is 1.69. The first-order chi connectivity index (χ1) is 12.6. The summed E-state index contributed by atoms with van der Waals surface area (Å²) in [6.45, 7) is -1.65. The summed E-state index contributed by atoms with van der Waals surface area (Å²) < 4.78 is 61.8. The van der Waals surface area contributed by atoms with Crippen LogP contribution >= 0.6 is 0 Å². The fraction of sp³-hybridized carbons (Fsp3) is 0.278. The lowest BCUT2D eigenvalue weighted by atomic mass is 9.95. The molecule has 0 atom stereocenters. The second-order valence-electron chi connectivity index (χ2n) is 6.37. The fourth-order valence-corrected chi connectivity index (χ4v) is 3.77. The van der Waals surface area contributed by atoms with Gasteiger partial charge in [0.1, 0.15) is 6.54 Å². The summed E-state index contributed by atoms with van der Waals surface area (Å²) in [4.78, 5) is 12.3. The third-order valence-corrected chi connectivity index (χ3v) is 5.81. The molecule has 0 bridgehead atoms. The Bertz CT molecular complexity index is 923. The first-order valence-corrected chi connectivity index (χ1v) is 9.64. The highest BCUT2D eigenvalue weighted by Crippen LogP contribution is 2.48. The third-order valence-electron chi connectivity index (χ3n) is 4.40. The van der Waals surface area contributed by atoms with E-state index in [2.05, 4.69) is 5.32 Å². The Labute approximate surface area is 154 Å². The van der Waals surface area contributed by atoms with Gasteiger partial charge in [0.15, 0.2) is 0 Å². The number of benzene rings is 2. The number of anilines is 1. The van der Waals surface area contributed by atoms with E-state index in [0.717, 1.165) is 30.5 Å². The standard InChI is InChI=1S/C18H17F3N2O3S/c19-18(20,21)12-22-27(25,26)15-8-6-14(7-9-15)23-16(24)17(10-11-17)13-4-2-1-3-5-13/h1-9,22H,10-12H2,(H,23,24). The van der Waals surface area contributed by atoms with Crippen LogP contribution in [-0.4, -0.2) is 27.0 Å². The van der Waals surface area contributed by atoms with E-state index in [1.165, 1.54) is 16.9 Å². The Hall–Kier alpha value is -2.39. The lowest BCUT2D eigenvalue weighted by Gasteiger charge is -2.16. The number of rotatable bonds is 6. The lowest BCUT2D eigenvalue weighted by molar-refractivity contribution is -0.121. The van der Waals surface area contributed by atoms with Crippen molar-refractivity contribution < 1.29 is 26.4 Å². The van der Waals surface area contributed by atoms with Gasteiger partial charge in [-0.15, -0.1) is 0 Å². The van der Waals surface area contributed by atoms with E-state index < -0.39 is 28.2 Å². The molecule has 0 unspecified atom stereocenters. The van der Waals surface area contributed by atoms with E-state index in [-0.39, 0.29) is 10.8 Å². The summed E-state index contributed by atoms with van der Waals surface area (Å²) in [6, 6.07) is 14.3. The van der Waals surface area contributed by atoms with Crippen LogP contribution in [-0.2, 0) is 20.2 Å². The zero-order valence-electron chi connectivity index (χ0n) is 14.1. The first kappa shape index (κ1) is 19.4. The number of nitrogens with one attached hydrogen (secondary N) is 2. The van der Waals surface area contributed by atoms with Crippen molar-refractivity contribution in [2.24, 2.45) is 0 Å². The smallest absolute Gasteiger partial charge is 0.325 e. The molecule has 0 aromatic heterocycles.